The maximum atomic E-state index is 6.12. The van der Waals surface area contributed by atoms with Gasteiger partial charge in [-0.25, -0.2) is 0 Å². The van der Waals surface area contributed by atoms with Crippen molar-refractivity contribution in [3.8, 4) is 0 Å². The second kappa shape index (κ2) is 6.97. The van der Waals surface area contributed by atoms with Crippen molar-refractivity contribution in [3.05, 3.63) is 35.4 Å². The third-order valence-corrected chi connectivity index (χ3v) is 3.33. The summed E-state index contributed by atoms with van der Waals surface area (Å²) >= 11 is 1.86. The van der Waals surface area contributed by atoms with Crippen molar-refractivity contribution in [2.75, 3.05) is 12.0 Å². The number of benzene rings is 1. The van der Waals surface area contributed by atoms with Gasteiger partial charge in [-0.15, -0.1) is 0 Å². The summed E-state index contributed by atoms with van der Waals surface area (Å²) in [7, 11) is 0. The van der Waals surface area contributed by atoms with Crippen LogP contribution in [0.3, 0.4) is 0 Å². The molecule has 0 aliphatic carbocycles. The number of thioether (sulfide) groups is 1. The number of hydrogen-bond donors (Lipinski definition) is 1. The molecule has 90 valence electrons. The smallest absolute Gasteiger partial charge is 0.0302 e. The molecule has 0 radical (unpaired) electrons. The standard InChI is InChI=1S/C14H23NS/c1-11(2)10-12-4-6-13(7-5-12)14(15)8-9-16-3/h4-7,11,14H,8-10,15H2,1-3H3. The fourth-order valence-electron chi connectivity index (χ4n) is 1.78. The Bertz CT molecular complexity index is 292. The van der Waals surface area contributed by atoms with Crippen molar-refractivity contribution in [3.63, 3.8) is 0 Å². The lowest BCUT2D eigenvalue weighted by Crippen LogP contribution is -2.11. The number of hydrogen-bond acceptors (Lipinski definition) is 2. The van der Waals surface area contributed by atoms with Crippen LogP contribution in [0.2, 0.25) is 0 Å². The molecule has 0 saturated heterocycles. The highest BCUT2D eigenvalue weighted by Gasteiger charge is 2.05. The third-order valence-electron chi connectivity index (χ3n) is 2.68. The first-order chi connectivity index (χ1) is 7.63. The minimum atomic E-state index is 0.195. The second-order valence-corrected chi connectivity index (χ2v) is 5.71. The molecule has 1 aromatic carbocycles. The molecule has 0 saturated carbocycles. The Balaban J connectivity index is 2.56. The highest BCUT2D eigenvalue weighted by Crippen LogP contribution is 2.17. The van der Waals surface area contributed by atoms with Crippen LogP contribution in [0.15, 0.2) is 24.3 Å². The zero-order valence-electron chi connectivity index (χ0n) is 10.6. The van der Waals surface area contributed by atoms with E-state index in [1.165, 1.54) is 11.1 Å². The van der Waals surface area contributed by atoms with Crippen molar-refractivity contribution in [2.24, 2.45) is 11.7 Å². The van der Waals surface area contributed by atoms with Gasteiger partial charge in [-0.05, 0) is 41.9 Å². The van der Waals surface area contributed by atoms with Crippen LogP contribution in [-0.4, -0.2) is 12.0 Å². The summed E-state index contributed by atoms with van der Waals surface area (Å²) < 4.78 is 0. The van der Waals surface area contributed by atoms with Crippen molar-refractivity contribution in [1.29, 1.82) is 0 Å². The molecule has 2 heteroatoms. The maximum absolute atomic E-state index is 6.12. The van der Waals surface area contributed by atoms with E-state index in [-0.39, 0.29) is 6.04 Å². The monoisotopic (exact) mass is 237 g/mol. The van der Waals surface area contributed by atoms with Gasteiger partial charge in [0.05, 0.1) is 0 Å². The van der Waals surface area contributed by atoms with Crippen LogP contribution >= 0.6 is 11.8 Å². The van der Waals surface area contributed by atoms with Crippen molar-refractivity contribution >= 4 is 11.8 Å². The Morgan fingerprint density at radius 2 is 1.81 bits per heavy atom. The zero-order valence-corrected chi connectivity index (χ0v) is 11.4. The Labute approximate surface area is 104 Å². The lowest BCUT2D eigenvalue weighted by molar-refractivity contribution is 0.646. The van der Waals surface area contributed by atoms with Crippen molar-refractivity contribution in [1.82, 2.24) is 0 Å². The van der Waals surface area contributed by atoms with E-state index in [0.717, 1.165) is 24.5 Å². The topological polar surface area (TPSA) is 26.0 Å². The van der Waals surface area contributed by atoms with Crippen LogP contribution in [0.4, 0.5) is 0 Å². The van der Waals surface area contributed by atoms with Gasteiger partial charge in [0.15, 0.2) is 0 Å². The molecule has 16 heavy (non-hydrogen) atoms. The first kappa shape index (κ1) is 13.6. The average Bonchev–Trinajstić information content (AvgIpc) is 2.26. The van der Waals surface area contributed by atoms with Gasteiger partial charge >= 0.3 is 0 Å². The minimum absolute atomic E-state index is 0.195. The molecule has 0 heterocycles. The maximum Gasteiger partial charge on any atom is 0.0302 e. The fourth-order valence-corrected chi connectivity index (χ4v) is 2.27. The van der Waals surface area contributed by atoms with Crippen LogP contribution in [0, 0.1) is 5.92 Å². The molecule has 1 rings (SSSR count). The molecule has 0 bridgehead atoms. The van der Waals surface area contributed by atoms with E-state index >= 15 is 0 Å². The average molecular weight is 237 g/mol. The molecule has 2 N–H and O–H groups in total. The van der Waals surface area contributed by atoms with Crippen LogP contribution in [0.5, 0.6) is 0 Å². The summed E-state index contributed by atoms with van der Waals surface area (Å²) in [5, 5.41) is 0. The molecule has 1 atom stereocenters. The quantitative estimate of drug-likeness (QED) is 0.817. The van der Waals surface area contributed by atoms with E-state index < -0.39 is 0 Å². The van der Waals surface area contributed by atoms with E-state index in [4.69, 9.17) is 5.73 Å². The third kappa shape index (κ3) is 4.58. The Hall–Kier alpha value is -0.470. The largest absolute Gasteiger partial charge is 0.324 e. The highest BCUT2D eigenvalue weighted by molar-refractivity contribution is 7.98. The first-order valence-corrected chi connectivity index (χ1v) is 7.36. The van der Waals surface area contributed by atoms with Crippen LogP contribution in [0.25, 0.3) is 0 Å². The minimum Gasteiger partial charge on any atom is -0.324 e. The van der Waals surface area contributed by atoms with Crippen molar-refractivity contribution in [2.45, 2.75) is 32.7 Å². The molecule has 0 aliphatic rings. The summed E-state index contributed by atoms with van der Waals surface area (Å²) in [5.74, 6) is 1.85. The highest BCUT2D eigenvalue weighted by atomic mass is 32.2. The first-order valence-electron chi connectivity index (χ1n) is 5.97. The molecule has 0 amide bonds. The summed E-state index contributed by atoms with van der Waals surface area (Å²) in [6, 6.07) is 8.99. The molecule has 1 nitrogen and oxygen atoms in total. The molecule has 1 unspecified atom stereocenters. The lowest BCUT2D eigenvalue weighted by atomic mass is 9.99. The normalized spacial score (nSPS) is 13.1. The Kier molecular flexibility index (Phi) is 5.93. The van der Waals surface area contributed by atoms with E-state index in [1.807, 2.05) is 11.8 Å². The molecule has 0 aliphatic heterocycles. The number of rotatable bonds is 6. The van der Waals surface area contributed by atoms with Gasteiger partial charge in [0.2, 0.25) is 0 Å². The predicted molar refractivity (Wildman–Crippen MR) is 74.9 cm³/mol. The predicted octanol–water partition coefficient (Wildman–Crippen LogP) is 3.64. The van der Waals surface area contributed by atoms with Gasteiger partial charge in [0, 0.05) is 6.04 Å². The number of nitrogens with two attached hydrogens (primary N) is 1. The van der Waals surface area contributed by atoms with Gasteiger partial charge in [-0.1, -0.05) is 38.1 Å². The summed E-state index contributed by atoms with van der Waals surface area (Å²) in [6.45, 7) is 4.50. The molecule has 0 fully saturated rings. The molecule has 0 aromatic heterocycles. The Morgan fingerprint density at radius 1 is 1.19 bits per heavy atom. The SMILES string of the molecule is CSCCC(N)c1ccc(CC(C)C)cc1. The summed E-state index contributed by atoms with van der Waals surface area (Å²) in [4.78, 5) is 0. The second-order valence-electron chi connectivity index (χ2n) is 4.73. The molecular formula is C14H23NS. The van der Waals surface area contributed by atoms with Gasteiger partial charge in [-0.3, -0.25) is 0 Å². The summed E-state index contributed by atoms with van der Waals surface area (Å²) in [5.41, 5.74) is 8.80. The molecule has 0 spiro atoms. The zero-order chi connectivity index (χ0) is 12.0. The Morgan fingerprint density at radius 3 is 2.31 bits per heavy atom. The van der Waals surface area contributed by atoms with E-state index in [9.17, 15) is 0 Å². The summed E-state index contributed by atoms with van der Waals surface area (Å²) in [6.07, 6.45) is 4.34. The van der Waals surface area contributed by atoms with Crippen molar-refractivity contribution < 1.29 is 0 Å². The van der Waals surface area contributed by atoms with Crippen LogP contribution in [0.1, 0.15) is 37.4 Å². The molecular weight excluding hydrogens is 214 g/mol. The lowest BCUT2D eigenvalue weighted by Gasteiger charge is -2.12. The van der Waals surface area contributed by atoms with Crippen LogP contribution in [-0.2, 0) is 6.42 Å². The van der Waals surface area contributed by atoms with Gasteiger partial charge in [0.1, 0.15) is 0 Å². The fraction of sp³-hybridized carbons (Fsp3) is 0.571. The van der Waals surface area contributed by atoms with Gasteiger partial charge in [0.25, 0.3) is 0 Å². The van der Waals surface area contributed by atoms with Crippen LogP contribution < -0.4 is 5.73 Å². The van der Waals surface area contributed by atoms with E-state index in [2.05, 4.69) is 44.4 Å². The molecule has 1 aromatic rings. The van der Waals surface area contributed by atoms with Gasteiger partial charge < -0.3 is 5.73 Å². The van der Waals surface area contributed by atoms with E-state index in [1.54, 1.807) is 0 Å². The van der Waals surface area contributed by atoms with Gasteiger partial charge in [-0.2, -0.15) is 11.8 Å². The van der Waals surface area contributed by atoms with E-state index in [0.29, 0.717) is 0 Å².